The first-order valence-corrected chi connectivity index (χ1v) is 11.0. The molecule has 1 fully saturated rings. The van der Waals surface area contributed by atoms with E-state index in [1.165, 1.54) is 10.6 Å². The van der Waals surface area contributed by atoms with E-state index in [2.05, 4.69) is 10.2 Å². The quantitative estimate of drug-likeness (QED) is 0.504. The van der Waals surface area contributed by atoms with E-state index in [0.29, 0.717) is 37.3 Å². The lowest BCUT2D eigenvalue weighted by Crippen LogP contribution is -2.37. The lowest BCUT2D eigenvalue weighted by atomic mass is 10.1. The highest BCUT2D eigenvalue weighted by molar-refractivity contribution is 5.57. The molecule has 1 saturated heterocycles. The average Bonchev–Trinajstić information content (AvgIpc) is 3.38. The number of halogens is 4. The van der Waals surface area contributed by atoms with Gasteiger partial charge in [0.2, 0.25) is 0 Å². The number of nitrogens with zero attached hydrogens (tertiary/aromatic N) is 6. The predicted octanol–water partition coefficient (Wildman–Crippen LogP) is 3.38. The number of ether oxygens (including phenoxy) is 1. The van der Waals surface area contributed by atoms with Gasteiger partial charge in [-0.25, -0.2) is 9.18 Å². The van der Waals surface area contributed by atoms with Crippen molar-refractivity contribution in [1.82, 2.24) is 24.1 Å². The maximum Gasteiger partial charge on any atom is 0.419 e. The number of aromatic nitrogens is 5. The minimum Gasteiger partial charge on any atom is -0.381 e. The summed E-state index contributed by atoms with van der Waals surface area (Å²) in [6.45, 7) is 5.20. The second kappa shape index (κ2) is 9.24. The fraction of sp³-hybridized carbons (Fsp3) is 0.500. The highest BCUT2D eigenvalue weighted by atomic mass is 19.4. The number of aryl methyl sites for hydroxylation is 2. The van der Waals surface area contributed by atoms with Crippen molar-refractivity contribution in [2.24, 2.45) is 0 Å². The molecule has 0 atom stereocenters. The first-order chi connectivity index (χ1) is 16.1. The fourth-order valence-electron chi connectivity index (χ4n) is 4.12. The van der Waals surface area contributed by atoms with E-state index >= 15 is 4.39 Å². The lowest BCUT2D eigenvalue weighted by molar-refractivity contribution is -0.139. The van der Waals surface area contributed by atoms with Crippen molar-refractivity contribution in [2.45, 2.75) is 52.0 Å². The molecule has 0 saturated carbocycles. The summed E-state index contributed by atoms with van der Waals surface area (Å²) in [5.41, 5.74) is -1.85. The minimum atomic E-state index is -4.94. The van der Waals surface area contributed by atoms with Crippen LogP contribution in [0, 0.1) is 12.7 Å². The normalized spacial score (nSPS) is 15.1. The van der Waals surface area contributed by atoms with Crippen molar-refractivity contribution in [3.63, 3.8) is 0 Å². The van der Waals surface area contributed by atoms with Gasteiger partial charge < -0.3 is 9.64 Å². The van der Waals surface area contributed by atoms with Crippen LogP contribution in [0.5, 0.6) is 0 Å². The minimum absolute atomic E-state index is 0.0701. The molecule has 0 radical (unpaired) electrons. The fourth-order valence-corrected chi connectivity index (χ4v) is 4.12. The van der Waals surface area contributed by atoms with Crippen LogP contribution in [0.1, 0.15) is 36.7 Å². The van der Waals surface area contributed by atoms with Gasteiger partial charge >= 0.3 is 11.9 Å². The topological polar surface area (TPSA) is 70.1 Å². The number of anilines is 1. The lowest BCUT2D eigenvalue weighted by Gasteiger charge is -2.33. The van der Waals surface area contributed by atoms with Crippen LogP contribution in [0.2, 0.25) is 0 Å². The van der Waals surface area contributed by atoms with Crippen LogP contribution in [0.4, 0.5) is 23.2 Å². The molecule has 0 N–H and O–H groups in total. The molecule has 8 nitrogen and oxygen atoms in total. The molecule has 184 valence electrons. The van der Waals surface area contributed by atoms with Gasteiger partial charge in [0.05, 0.1) is 18.3 Å². The van der Waals surface area contributed by atoms with Crippen molar-refractivity contribution in [3.8, 4) is 5.69 Å². The Morgan fingerprint density at radius 3 is 2.56 bits per heavy atom. The second-order valence-corrected chi connectivity index (χ2v) is 8.31. The number of rotatable bonds is 6. The zero-order valence-corrected chi connectivity index (χ0v) is 19.1. The summed E-state index contributed by atoms with van der Waals surface area (Å²) >= 11 is 0. The van der Waals surface area contributed by atoms with E-state index < -0.39 is 28.9 Å². The molecule has 3 aromatic rings. The van der Waals surface area contributed by atoms with E-state index in [-0.39, 0.29) is 24.1 Å². The Morgan fingerprint density at radius 2 is 1.94 bits per heavy atom. The summed E-state index contributed by atoms with van der Waals surface area (Å²) in [5.74, 6) is -1.30. The van der Waals surface area contributed by atoms with Crippen molar-refractivity contribution >= 4 is 5.69 Å². The first-order valence-electron chi connectivity index (χ1n) is 11.0. The van der Waals surface area contributed by atoms with Gasteiger partial charge in [0.15, 0.2) is 5.82 Å². The molecule has 1 aliphatic rings. The molecule has 34 heavy (non-hydrogen) atoms. The molecule has 4 rings (SSSR count). The van der Waals surface area contributed by atoms with Crippen LogP contribution in [-0.2, 0) is 24.0 Å². The monoisotopic (exact) mass is 482 g/mol. The van der Waals surface area contributed by atoms with E-state index in [4.69, 9.17) is 4.74 Å². The summed E-state index contributed by atoms with van der Waals surface area (Å²) in [7, 11) is 1.66. The Bertz CT molecular complexity index is 1220. The molecular weight excluding hydrogens is 456 g/mol. The Labute approximate surface area is 193 Å². The maximum atomic E-state index is 15.2. The summed E-state index contributed by atoms with van der Waals surface area (Å²) in [6.07, 6.45) is -0.331. The Balaban J connectivity index is 1.79. The van der Waals surface area contributed by atoms with Crippen LogP contribution < -0.4 is 10.6 Å². The van der Waals surface area contributed by atoms with E-state index in [1.807, 2.05) is 6.92 Å². The predicted molar refractivity (Wildman–Crippen MR) is 117 cm³/mol. The van der Waals surface area contributed by atoms with Crippen molar-refractivity contribution in [2.75, 3.05) is 25.2 Å². The highest BCUT2D eigenvalue weighted by Crippen LogP contribution is 2.37. The van der Waals surface area contributed by atoms with Gasteiger partial charge in [0, 0.05) is 50.3 Å². The van der Waals surface area contributed by atoms with Crippen LogP contribution in [0.3, 0.4) is 0 Å². The van der Waals surface area contributed by atoms with E-state index in [0.717, 1.165) is 11.6 Å². The number of alkyl halides is 3. The smallest absolute Gasteiger partial charge is 0.381 e. The van der Waals surface area contributed by atoms with E-state index in [9.17, 15) is 18.0 Å². The van der Waals surface area contributed by atoms with Crippen molar-refractivity contribution < 1.29 is 22.3 Å². The zero-order valence-electron chi connectivity index (χ0n) is 19.1. The molecule has 0 unspecified atom stereocenters. The molecule has 1 aliphatic heterocycles. The molecule has 0 aliphatic carbocycles. The molecule has 0 bridgehead atoms. The van der Waals surface area contributed by atoms with Crippen LogP contribution in [0.25, 0.3) is 5.69 Å². The van der Waals surface area contributed by atoms with Gasteiger partial charge in [-0.05, 0) is 38.8 Å². The largest absolute Gasteiger partial charge is 0.419 e. The summed E-state index contributed by atoms with van der Waals surface area (Å²) < 4.78 is 65.4. The van der Waals surface area contributed by atoms with Crippen molar-refractivity contribution in [1.29, 1.82) is 0 Å². The Hall–Kier alpha value is -3.15. The van der Waals surface area contributed by atoms with Gasteiger partial charge in [0.1, 0.15) is 11.5 Å². The molecule has 3 heterocycles. The van der Waals surface area contributed by atoms with Gasteiger partial charge in [-0.15, -0.1) is 0 Å². The third-order valence-electron chi connectivity index (χ3n) is 6.12. The van der Waals surface area contributed by atoms with Crippen LogP contribution in [0.15, 0.2) is 29.3 Å². The maximum absolute atomic E-state index is 15.2. The number of hydrogen-bond acceptors (Lipinski definition) is 5. The zero-order chi connectivity index (χ0) is 24.6. The van der Waals surface area contributed by atoms with Crippen LogP contribution in [-0.4, -0.2) is 50.4 Å². The number of benzene rings is 1. The molecule has 0 amide bonds. The standard InChI is InChI=1S/C22H26F4N6O2/c1-4-30-12-15(11-27-30)13-31-14(2)28-32(21(31)33)19-10-17(9-18(20(19)23)22(24,25)26)29(3)16-5-7-34-8-6-16/h9-12,16H,4-8,13H2,1-3H3. The highest BCUT2D eigenvalue weighted by Gasteiger charge is 2.37. The Morgan fingerprint density at radius 1 is 1.24 bits per heavy atom. The second-order valence-electron chi connectivity index (χ2n) is 8.31. The molecule has 12 heteroatoms. The molecule has 2 aromatic heterocycles. The van der Waals surface area contributed by atoms with Gasteiger partial charge in [-0.3, -0.25) is 9.25 Å². The Kier molecular flexibility index (Phi) is 6.52. The molecule has 0 spiro atoms. The van der Waals surface area contributed by atoms with Gasteiger partial charge in [-0.1, -0.05) is 0 Å². The summed E-state index contributed by atoms with van der Waals surface area (Å²) in [5, 5.41) is 8.25. The summed E-state index contributed by atoms with van der Waals surface area (Å²) in [4.78, 5) is 14.8. The third-order valence-corrected chi connectivity index (χ3v) is 6.12. The number of hydrogen-bond donors (Lipinski definition) is 0. The first kappa shape index (κ1) is 24.0. The SMILES string of the molecule is CCn1cc(Cn2c(C)nn(-c3cc(N(C)C4CCOCC4)cc(C(F)(F)F)c3F)c2=O)cn1. The average molecular weight is 482 g/mol. The summed E-state index contributed by atoms with van der Waals surface area (Å²) in [6, 6.07) is 1.95. The van der Waals surface area contributed by atoms with Crippen molar-refractivity contribution in [3.05, 3.63) is 57.8 Å². The molecular formula is C22H26F4N6O2. The van der Waals surface area contributed by atoms with E-state index in [1.54, 1.807) is 35.9 Å². The third kappa shape index (κ3) is 4.59. The van der Waals surface area contributed by atoms with Gasteiger partial charge in [0.25, 0.3) is 0 Å². The van der Waals surface area contributed by atoms with Gasteiger partial charge in [-0.2, -0.15) is 28.1 Å². The van der Waals surface area contributed by atoms with Crippen LogP contribution >= 0.6 is 0 Å². The molecule has 1 aromatic carbocycles.